The standard InChI is InChI=1S/C22H26FNO/c23-22(12-11-21(25)20-9-5-2-6-10-20)24-15-13-19(14-16-24)17-18-7-3-1-4-8-18/h1-10,19,22H,11-17H2. The van der Waals surface area contributed by atoms with E-state index in [-0.39, 0.29) is 18.6 Å². The molecule has 1 aliphatic heterocycles. The van der Waals surface area contributed by atoms with Crippen molar-refractivity contribution < 1.29 is 9.18 Å². The van der Waals surface area contributed by atoms with Gasteiger partial charge in [-0.15, -0.1) is 0 Å². The van der Waals surface area contributed by atoms with Crippen LogP contribution in [0.2, 0.25) is 0 Å². The van der Waals surface area contributed by atoms with Gasteiger partial charge in [0.2, 0.25) is 0 Å². The van der Waals surface area contributed by atoms with Crippen LogP contribution in [-0.4, -0.2) is 30.1 Å². The van der Waals surface area contributed by atoms with E-state index in [1.807, 2.05) is 29.2 Å². The number of hydrogen-bond acceptors (Lipinski definition) is 2. The molecule has 0 N–H and O–H groups in total. The molecule has 25 heavy (non-hydrogen) atoms. The highest BCUT2D eigenvalue weighted by atomic mass is 19.1. The number of Topliss-reactive ketones (excluding diaryl/α,β-unsaturated/α-hetero) is 1. The third-order valence-electron chi connectivity index (χ3n) is 5.12. The molecule has 0 spiro atoms. The fraction of sp³-hybridized carbons (Fsp3) is 0.409. The summed E-state index contributed by atoms with van der Waals surface area (Å²) >= 11 is 0. The number of hydrogen-bond donors (Lipinski definition) is 0. The Morgan fingerprint density at radius 3 is 2.24 bits per heavy atom. The maximum Gasteiger partial charge on any atom is 0.163 e. The summed E-state index contributed by atoms with van der Waals surface area (Å²) in [7, 11) is 0. The van der Waals surface area contributed by atoms with Crippen molar-refractivity contribution in [2.24, 2.45) is 5.92 Å². The van der Waals surface area contributed by atoms with Gasteiger partial charge in [0.15, 0.2) is 12.1 Å². The molecular weight excluding hydrogens is 313 g/mol. The summed E-state index contributed by atoms with van der Waals surface area (Å²) in [6.45, 7) is 1.58. The Hall–Kier alpha value is -2.00. The Kier molecular flexibility index (Phi) is 6.35. The zero-order valence-electron chi connectivity index (χ0n) is 14.6. The average molecular weight is 339 g/mol. The number of likely N-dealkylation sites (tertiary alicyclic amines) is 1. The van der Waals surface area contributed by atoms with Crippen LogP contribution >= 0.6 is 0 Å². The summed E-state index contributed by atoms with van der Waals surface area (Å²) in [6.07, 6.45) is 2.69. The summed E-state index contributed by atoms with van der Waals surface area (Å²) in [6, 6.07) is 19.7. The molecule has 0 aliphatic carbocycles. The Morgan fingerprint density at radius 2 is 1.60 bits per heavy atom. The molecule has 2 aromatic carbocycles. The van der Waals surface area contributed by atoms with Gasteiger partial charge in [-0.05, 0) is 37.2 Å². The van der Waals surface area contributed by atoms with Crippen molar-refractivity contribution in [3.05, 3.63) is 71.8 Å². The first-order valence-electron chi connectivity index (χ1n) is 9.22. The number of alkyl halides is 1. The molecule has 3 heteroatoms. The zero-order valence-corrected chi connectivity index (χ0v) is 14.6. The Bertz CT molecular complexity index is 650. The normalized spacial score (nSPS) is 17.3. The largest absolute Gasteiger partial charge is 0.294 e. The van der Waals surface area contributed by atoms with Gasteiger partial charge in [0.25, 0.3) is 0 Å². The molecule has 1 fully saturated rings. The molecule has 132 valence electrons. The SMILES string of the molecule is O=C(CCC(F)N1CCC(Cc2ccccc2)CC1)c1ccccc1. The van der Waals surface area contributed by atoms with Gasteiger partial charge < -0.3 is 0 Å². The minimum absolute atomic E-state index is 0.0298. The molecule has 3 rings (SSSR count). The fourth-order valence-electron chi connectivity index (χ4n) is 3.59. The summed E-state index contributed by atoms with van der Waals surface area (Å²) in [5, 5.41) is 0. The maximum absolute atomic E-state index is 14.5. The van der Waals surface area contributed by atoms with E-state index in [2.05, 4.69) is 24.3 Å². The van der Waals surface area contributed by atoms with E-state index in [9.17, 15) is 9.18 Å². The quantitative estimate of drug-likeness (QED) is 0.528. The lowest BCUT2D eigenvalue weighted by Crippen LogP contribution is -2.39. The molecule has 1 heterocycles. The summed E-state index contributed by atoms with van der Waals surface area (Å²) < 4.78 is 14.5. The Morgan fingerprint density at radius 1 is 1.00 bits per heavy atom. The highest BCUT2D eigenvalue weighted by molar-refractivity contribution is 5.95. The summed E-state index contributed by atoms with van der Waals surface area (Å²) in [4.78, 5) is 14.0. The van der Waals surface area contributed by atoms with Gasteiger partial charge in [-0.1, -0.05) is 60.7 Å². The minimum Gasteiger partial charge on any atom is -0.294 e. The Labute approximate surface area is 149 Å². The maximum atomic E-state index is 14.5. The topological polar surface area (TPSA) is 20.3 Å². The second kappa shape index (κ2) is 8.91. The number of piperidine rings is 1. The number of halogens is 1. The molecule has 1 atom stereocenters. The summed E-state index contributed by atoms with van der Waals surface area (Å²) in [5.74, 6) is 0.666. The van der Waals surface area contributed by atoms with Crippen LogP contribution in [0.3, 0.4) is 0 Å². The second-order valence-electron chi connectivity index (χ2n) is 6.93. The lowest BCUT2D eigenvalue weighted by atomic mass is 9.90. The predicted molar refractivity (Wildman–Crippen MR) is 99.3 cm³/mol. The Balaban J connectivity index is 1.41. The van der Waals surface area contributed by atoms with E-state index >= 15 is 0 Å². The van der Waals surface area contributed by atoms with Crippen molar-refractivity contribution in [1.82, 2.24) is 4.90 Å². The van der Waals surface area contributed by atoms with Crippen molar-refractivity contribution in [1.29, 1.82) is 0 Å². The van der Waals surface area contributed by atoms with Crippen molar-refractivity contribution in [2.75, 3.05) is 13.1 Å². The number of rotatable bonds is 7. The van der Waals surface area contributed by atoms with Gasteiger partial charge in [-0.3, -0.25) is 9.69 Å². The molecule has 1 unspecified atom stereocenters. The summed E-state index contributed by atoms with van der Waals surface area (Å²) in [5.41, 5.74) is 2.04. The number of carbonyl (C=O) groups excluding carboxylic acids is 1. The first kappa shape index (κ1) is 17.8. The van der Waals surface area contributed by atoms with Gasteiger partial charge in [0.1, 0.15) is 0 Å². The van der Waals surface area contributed by atoms with Crippen LogP contribution < -0.4 is 0 Å². The molecule has 2 nitrogen and oxygen atoms in total. The van der Waals surface area contributed by atoms with Crippen molar-refractivity contribution >= 4 is 5.78 Å². The number of benzene rings is 2. The minimum atomic E-state index is -1.01. The van der Waals surface area contributed by atoms with E-state index in [0.29, 0.717) is 11.5 Å². The molecule has 1 aliphatic rings. The molecular formula is C22H26FNO. The van der Waals surface area contributed by atoms with Crippen molar-refractivity contribution in [3.63, 3.8) is 0 Å². The van der Waals surface area contributed by atoms with Crippen molar-refractivity contribution in [3.8, 4) is 0 Å². The lowest BCUT2D eigenvalue weighted by Gasteiger charge is -2.34. The van der Waals surface area contributed by atoms with E-state index in [1.165, 1.54) is 5.56 Å². The highest BCUT2D eigenvalue weighted by Crippen LogP contribution is 2.24. The highest BCUT2D eigenvalue weighted by Gasteiger charge is 2.25. The van der Waals surface area contributed by atoms with Crippen molar-refractivity contribution in [2.45, 2.75) is 38.4 Å². The molecule has 1 saturated heterocycles. The van der Waals surface area contributed by atoms with E-state index in [1.54, 1.807) is 12.1 Å². The van der Waals surface area contributed by atoms with Gasteiger partial charge in [0.05, 0.1) is 0 Å². The van der Waals surface area contributed by atoms with Crippen LogP contribution in [0.1, 0.15) is 41.6 Å². The van der Waals surface area contributed by atoms with Crippen LogP contribution in [0.25, 0.3) is 0 Å². The van der Waals surface area contributed by atoms with Gasteiger partial charge in [-0.2, -0.15) is 0 Å². The van der Waals surface area contributed by atoms with Gasteiger partial charge in [0, 0.05) is 25.1 Å². The van der Waals surface area contributed by atoms with Crippen LogP contribution in [0.4, 0.5) is 4.39 Å². The third-order valence-corrected chi connectivity index (χ3v) is 5.12. The van der Waals surface area contributed by atoms with Crippen LogP contribution in [0, 0.1) is 5.92 Å². The fourth-order valence-corrected chi connectivity index (χ4v) is 3.59. The molecule has 0 saturated carbocycles. The van der Waals surface area contributed by atoms with E-state index in [0.717, 1.165) is 32.4 Å². The molecule has 0 amide bonds. The molecule has 0 bridgehead atoms. The van der Waals surface area contributed by atoms with E-state index in [4.69, 9.17) is 0 Å². The average Bonchev–Trinajstić information content (AvgIpc) is 2.68. The molecule has 0 aromatic heterocycles. The van der Waals surface area contributed by atoms with Crippen LogP contribution in [0.15, 0.2) is 60.7 Å². The number of ketones is 1. The monoisotopic (exact) mass is 339 g/mol. The van der Waals surface area contributed by atoms with E-state index < -0.39 is 6.30 Å². The van der Waals surface area contributed by atoms with Crippen LogP contribution in [0.5, 0.6) is 0 Å². The molecule has 0 radical (unpaired) electrons. The predicted octanol–water partition coefficient (Wildman–Crippen LogP) is 4.90. The third kappa shape index (κ3) is 5.23. The van der Waals surface area contributed by atoms with Gasteiger partial charge >= 0.3 is 0 Å². The number of carbonyl (C=O) groups is 1. The lowest BCUT2D eigenvalue weighted by molar-refractivity contribution is 0.0404. The zero-order chi connectivity index (χ0) is 17.5. The number of nitrogens with zero attached hydrogens (tertiary/aromatic N) is 1. The van der Waals surface area contributed by atoms with Gasteiger partial charge in [-0.25, -0.2) is 4.39 Å². The first-order valence-corrected chi connectivity index (χ1v) is 9.22. The molecule has 2 aromatic rings. The second-order valence-corrected chi connectivity index (χ2v) is 6.93. The first-order chi connectivity index (χ1) is 12.2. The van der Waals surface area contributed by atoms with Crippen LogP contribution in [-0.2, 0) is 6.42 Å². The smallest absolute Gasteiger partial charge is 0.163 e.